The summed E-state index contributed by atoms with van der Waals surface area (Å²) < 4.78 is 10.5. The van der Waals surface area contributed by atoms with E-state index in [-0.39, 0.29) is 25.4 Å². The first-order valence-corrected chi connectivity index (χ1v) is 8.52. The summed E-state index contributed by atoms with van der Waals surface area (Å²) in [6.45, 7) is 1.84. The zero-order valence-electron chi connectivity index (χ0n) is 14.5. The summed E-state index contributed by atoms with van der Waals surface area (Å²) in [5.74, 6) is -0.926. The van der Waals surface area contributed by atoms with E-state index in [0.29, 0.717) is 0 Å². The molecule has 6 nitrogen and oxygen atoms in total. The zero-order valence-corrected chi connectivity index (χ0v) is 14.5. The van der Waals surface area contributed by atoms with Gasteiger partial charge in [-0.3, -0.25) is 0 Å². The van der Waals surface area contributed by atoms with Crippen LogP contribution < -0.4 is 0 Å². The number of aliphatic hydroxyl groups is 3. The van der Waals surface area contributed by atoms with Gasteiger partial charge in [-0.2, -0.15) is 0 Å². The molecule has 3 rings (SSSR count). The molecule has 3 atom stereocenters. The molecule has 0 saturated carbocycles. The van der Waals surface area contributed by atoms with Crippen LogP contribution in [-0.4, -0.2) is 45.7 Å². The van der Waals surface area contributed by atoms with Gasteiger partial charge in [-0.15, -0.1) is 0 Å². The maximum absolute atomic E-state index is 12.0. The fraction of sp³-hybridized carbons (Fsp3) is 0.350. The van der Waals surface area contributed by atoms with Crippen molar-refractivity contribution in [2.45, 2.75) is 37.8 Å². The SMILES string of the molecule is CCOC(=O)[C@]1(O)C=C(OCc2ccc3ccccc3c2)[C@@H](O)[C@H](O)C1. The average Bonchev–Trinajstić information content (AvgIpc) is 2.63. The van der Waals surface area contributed by atoms with Crippen LogP contribution in [0.25, 0.3) is 10.8 Å². The normalized spacial score (nSPS) is 25.6. The van der Waals surface area contributed by atoms with Crippen molar-refractivity contribution in [2.24, 2.45) is 0 Å². The van der Waals surface area contributed by atoms with Crippen molar-refractivity contribution in [3.05, 3.63) is 59.9 Å². The maximum atomic E-state index is 12.0. The van der Waals surface area contributed by atoms with Crippen LogP contribution in [-0.2, 0) is 20.9 Å². The lowest BCUT2D eigenvalue weighted by Gasteiger charge is -2.33. The minimum Gasteiger partial charge on any atom is -0.491 e. The molecule has 2 aromatic rings. The Morgan fingerprint density at radius 3 is 2.65 bits per heavy atom. The molecule has 1 aliphatic rings. The second-order valence-corrected chi connectivity index (χ2v) is 6.38. The predicted octanol–water partition coefficient (Wildman–Crippen LogP) is 1.66. The maximum Gasteiger partial charge on any atom is 0.342 e. The quantitative estimate of drug-likeness (QED) is 0.704. The lowest BCUT2D eigenvalue weighted by atomic mass is 9.86. The topological polar surface area (TPSA) is 96.2 Å². The molecule has 0 amide bonds. The Kier molecular flexibility index (Phi) is 5.27. The Labute approximate surface area is 151 Å². The van der Waals surface area contributed by atoms with E-state index in [9.17, 15) is 20.1 Å². The number of ether oxygens (including phenoxy) is 2. The van der Waals surface area contributed by atoms with Crippen LogP contribution in [0.1, 0.15) is 18.9 Å². The van der Waals surface area contributed by atoms with Crippen LogP contribution in [0, 0.1) is 0 Å². The van der Waals surface area contributed by atoms with Gasteiger partial charge in [-0.1, -0.05) is 36.4 Å². The predicted molar refractivity (Wildman–Crippen MR) is 95.0 cm³/mol. The molecule has 0 heterocycles. The first-order chi connectivity index (χ1) is 12.4. The molecular weight excluding hydrogens is 336 g/mol. The van der Waals surface area contributed by atoms with Crippen molar-refractivity contribution in [1.29, 1.82) is 0 Å². The Morgan fingerprint density at radius 1 is 1.19 bits per heavy atom. The van der Waals surface area contributed by atoms with Crippen molar-refractivity contribution < 1.29 is 29.6 Å². The summed E-state index contributed by atoms with van der Waals surface area (Å²) in [7, 11) is 0. The van der Waals surface area contributed by atoms with E-state index in [1.807, 2.05) is 42.5 Å². The highest BCUT2D eigenvalue weighted by molar-refractivity contribution is 5.83. The van der Waals surface area contributed by atoms with E-state index >= 15 is 0 Å². The van der Waals surface area contributed by atoms with Crippen molar-refractivity contribution in [1.82, 2.24) is 0 Å². The van der Waals surface area contributed by atoms with Crippen molar-refractivity contribution in [3.63, 3.8) is 0 Å². The summed E-state index contributed by atoms with van der Waals surface area (Å²) >= 11 is 0. The molecule has 0 saturated heterocycles. The van der Waals surface area contributed by atoms with Crippen LogP contribution in [0.2, 0.25) is 0 Å². The van der Waals surface area contributed by atoms with Crippen LogP contribution >= 0.6 is 0 Å². The summed E-state index contributed by atoms with van der Waals surface area (Å²) in [5.41, 5.74) is -1.16. The standard InChI is InChI=1S/C20H22O6/c1-2-25-19(23)20(24)10-16(21)18(22)17(11-20)26-12-13-7-8-14-5-3-4-6-15(14)9-13/h3-9,11,16,18,21-22,24H,2,10,12H2,1H3/t16-,18+,20-/m1/s1. The number of rotatable bonds is 5. The molecule has 2 aromatic carbocycles. The van der Waals surface area contributed by atoms with E-state index in [0.717, 1.165) is 22.4 Å². The third-order valence-corrected chi connectivity index (χ3v) is 4.41. The molecular formula is C20H22O6. The number of hydrogen-bond acceptors (Lipinski definition) is 6. The summed E-state index contributed by atoms with van der Waals surface area (Å²) in [6, 6.07) is 13.7. The van der Waals surface area contributed by atoms with Gasteiger partial charge in [-0.25, -0.2) is 4.79 Å². The van der Waals surface area contributed by atoms with Gasteiger partial charge in [0.05, 0.1) is 12.7 Å². The fourth-order valence-corrected chi connectivity index (χ4v) is 3.02. The number of hydrogen-bond donors (Lipinski definition) is 3. The zero-order chi connectivity index (χ0) is 18.7. The number of benzene rings is 2. The van der Waals surface area contributed by atoms with Crippen LogP contribution in [0.4, 0.5) is 0 Å². The van der Waals surface area contributed by atoms with Crippen LogP contribution in [0.5, 0.6) is 0 Å². The molecule has 138 valence electrons. The summed E-state index contributed by atoms with van der Waals surface area (Å²) in [6.07, 6.45) is -1.87. The van der Waals surface area contributed by atoms with Crippen LogP contribution in [0.3, 0.4) is 0 Å². The molecule has 6 heteroatoms. The second kappa shape index (κ2) is 7.45. The summed E-state index contributed by atoms with van der Waals surface area (Å²) in [5, 5.41) is 32.7. The van der Waals surface area contributed by atoms with Gasteiger partial charge in [0, 0.05) is 6.42 Å². The number of esters is 1. The van der Waals surface area contributed by atoms with Gasteiger partial charge < -0.3 is 24.8 Å². The molecule has 0 aromatic heterocycles. The molecule has 1 aliphatic carbocycles. The largest absolute Gasteiger partial charge is 0.491 e. The third-order valence-electron chi connectivity index (χ3n) is 4.41. The highest BCUT2D eigenvalue weighted by Crippen LogP contribution is 2.30. The van der Waals surface area contributed by atoms with Crippen molar-refractivity contribution in [3.8, 4) is 0 Å². The lowest BCUT2D eigenvalue weighted by molar-refractivity contribution is -0.166. The first-order valence-electron chi connectivity index (χ1n) is 8.52. The number of carbonyl (C=O) groups is 1. The van der Waals surface area contributed by atoms with E-state index in [2.05, 4.69) is 0 Å². The number of carbonyl (C=O) groups excluding carboxylic acids is 1. The Balaban J connectivity index is 1.79. The Bertz CT molecular complexity index is 830. The molecule has 0 unspecified atom stereocenters. The van der Waals surface area contributed by atoms with Gasteiger partial charge >= 0.3 is 5.97 Å². The van der Waals surface area contributed by atoms with E-state index in [1.54, 1.807) is 6.92 Å². The first kappa shape index (κ1) is 18.4. The molecule has 3 N–H and O–H groups in total. The van der Waals surface area contributed by atoms with Gasteiger partial charge in [0.1, 0.15) is 18.5 Å². The molecule has 26 heavy (non-hydrogen) atoms. The third kappa shape index (κ3) is 3.72. The summed E-state index contributed by atoms with van der Waals surface area (Å²) in [4.78, 5) is 12.0. The van der Waals surface area contributed by atoms with E-state index in [1.165, 1.54) is 0 Å². The van der Waals surface area contributed by atoms with Crippen LogP contribution in [0.15, 0.2) is 54.3 Å². The van der Waals surface area contributed by atoms with E-state index in [4.69, 9.17) is 9.47 Å². The molecule has 0 spiro atoms. The number of aliphatic hydroxyl groups excluding tert-OH is 2. The smallest absolute Gasteiger partial charge is 0.342 e. The van der Waals surface area contributed by atoms with Crippen molar-refractivity contribution >= 4 is 16.7 Å². The molecule has 0 radical (unpaired) electrons. The van der Waals surface area contributed by atoms with Gasteiger partial charge in [0.25, 0.3) is 0 Å². The Morgan fingerprint density at radius 2 is 1.92 bits per heavy atom. The number of fused-ring (bicyclic) bond motifs is 1. The minimum absolute atomic E-state index is 0.0486. The molecule has 0 bridgehead atoms. The van der Waals surface area contributed by atoms with Gasteiger partial charge in [0.2, 0.25) is 0 Å². The second-order valence-electron chi connectivity index (χ2n) is 6.38. The fourth-order valence-electron chi connectivity index (χ4n) is 3.02. The molecule has 0 fully saturated rings. The lowest BCUT2D eigenvalue weighted by Crippen LogP contribution is -2.49. The Hall–Kier alpha value is -2.41. The van der Waals surface area contributed by atoms with E-state index < -0.39 is 23.8 Å². The van der Waals surface area contributed by atoms with Crippen molar-refractivity contribution in [2.75, 3.05) is 6.61 Å². The monoisotopic (exact) mass is 358 g/mol. The average molecular weight is 358 g/mol. The minimum atomic E-state index is -2.02. The van der Waals surface area contributed by atoms with Gasteiger partial charge in [-0.05, 0) is 35.4 Å². The highest BCUT2D eigenvalue weighted by Gasteiger charge is 2.45. The van der Waals surface area contributed by atoms with Gasteiger partial charge in [0.15, 0.2) is 5.60 Å². The molecule has 0 aliphatic heterocycles. The highest BCUT2D eigenvalue weighted by atomic mass is 16.6.